The highest BCUT2D eigenvalue weighted by Gasteiger charge is 2.32. The van der Waals surface area contributed by atoms with E-state index in [1.807, 2.05) is 6.07 Å². The second kappa shape index (κ2) is 8.24. The highest BCUT2D eigenvalue weighted by atomic mass is 35.5. The number of hydrogen-bond donors (Lipinski definition) is 3. The van der Waals surface area contributed by atoms with Crippen LogP contribution in [0.4, 0.5) is 17.5 Å². The van der Waals surface area contributed by atoms with Crippen LogP contribution in [0.3, 0.4) is 0 Å². The van der Waals surface area contributed by atoms with E-state index in [4.69, 9.17) is 11.6 Å². The molecule has 0 spiro atoms. The first kappa shape index (κ1) is 19.6. The molecule has 0 aliphatic carbocycles. The van der Waals surface area contributed by atoms with Crippen molar-refractivity contribution in [1.82, 2.24) is 25.6 Å². The molecule has 10 heteroatoms. The van der Waals surface area contributed by atoms with Crippen molar-refractivity contribution in [3.05, 3.63) is 35.2 Å². The van der Waals surface area contributed by atoms with Gasteiger partial charge in [-0.1, -0.05) is 11.6 Å². The fourth-order valence-corrected chi connectivity index (χ4v) is 3.74. The molecule has 8 nitrogen and oxygen atoms in total. The number of aromatic nitrogens is 3. The molecule has 1 amide bonds. The molecular formula is C17H21Cl2N7O. The summed E-state index contributed by atoms with van der Waals surface area (Å²) in [4.78, 5) is 27.0. The normalized spacial score (nSPS) is 20.7. The van der Waals surface area contributed by atoms with Crippen LogP contribution in [0.25, 0.3) is 0 Å². The lowest BCUT2D eigenvalue weighted by molar-refractivity contribution is 0.0958. The fourth-order valence-electron chi connectivity index (χ4n) is 3.49. The van der Waals surface area contributed by atoms with Crippen LogP contribution >= 0.6 is 24.0 Å². The average molecular weight is 410 g/mol. The highest BCUT2D eigenvalue weighted by Crippen LogP contribution is 2.25. The smallest absolute Gasteiger partial charge is 0.271 e. The molecule has 2 aliphatic heterocycles. The Hall–Kier alpha value is -2.16. The van der Waals surface area contributed by atoms with Gasteiger partial charge in [0.1, 0.15) is 11.5 Å². The predicted octanol–water partition coefficient (Wildman–Crippen LogP) is 1.99. The van der Waals surface area contributed by atoms with Crippen LogP contribution in [0.15, 0.2) is 24.5 Å². The number of fused-ring (bicyclic) bond motifs is 2. The van der Waals surface area contributed by atoms with Crippen molar-refractivity contribution in [1.29, 1.82) is 0 Å². The van der Waals surface area contributed by atoms with E-state index in [1.165, 1.54) is 26.1 Å². The molecule has 2 fully saturated rings. The first-order valence-electron chi connectivity index (χ1n) is 8.61. The van der Waals surface area contributed by atoms with E-state index >= 15 is 0 Å². The Bertz CT molecular complexity index is 823. The Morgan fingerprint density at radius 2 is 2.04 bits per heavy atom. The number of anilines is 3. The Kier molecular flexibility index (Phi) is 5.98. The van der Waals surface area contributed by atoms with Crippen molar-refractivity contribution >= 4 is 47.4 Å². The lowest BCUT2D eigenvalue weighted by Gasteiger charge is -2.33. The van der Waals surface area contributed by atoms with Crippen LogP contribution in [0.2, 0.25) is 5.02 Å². The summed E-state index contributed by atoms with van der Waals surface area (Å²) in [7, 11) is 1.54. The van der Waals surface area contributed by atoms with Crippen LogP contribution in [-0.2, 0) is 0 Å². The Morgan fingerprint density at radius 1 is 1.30 bits per heavy atom. The molecular weight excluding hydrogens is 389 g/mol. The van der Waals surface area contributed by atoms with Crippen LogP contribution in [0.5, 0.6) is 0 Å². The van der Waals surface area contributed by atoms with Gasteiger partial charge in [0.05, 0.1) is 16.9 Å². The maximum atomic E-state index is 11.7. The van der Waals surface area contributed by atoms with Gasteiger partial charge in [0, 0.05) is 38.4 Å². The molecule has 2 atom stereocenters. The minimum Gasteiger partial charge on any atom is -0.354 e. The summed E-state index contributed by atoms with van der Waals surface area (Å²) in [5.41, 5.74) is 0.811. The summed E-state index contributed by atoms with van der Waals surface area (Å²) < 4.78 is 0. The van der Waals surface area contributed by atoms with Gasteiger partial charge in [-0.25, -0.2) is 9.97 Å². The van der Waals surface area contributed by atoms with E-state index in [-0.39, 0.29) is 29.0 Å². The summed E-state index contributed by atoms with van der Waals surface area (Å²) in [6.45, 7) is 1.92. The number of piperazine rings is 1. The molecule has 0 aromatic carbocycles. The monoisotopic (exact) mass is 409 g/mol. The molecule has 3 N–H and O–H groups in total. The van der Waals surface area contributed by atoms with E-state index in [9.17, 15) is 4.79 Å². The van der Waals surface area contributed by atoms with Crippen molar-refractivity contribution in [2.24, 2.45) is 0 Å². The number of carbonyl (C=O) groups is 1. The van der Waals surface area contributed by atoms with Gasteiger partial charge in [0.2, 0.25) is 5.95 Å². The molecule has 2 saturated heterocycles. The maximum absolute atomic E-state index is 11.7. The molecule has 4 heterocycles. The van der Waals surface area contributed by atoms with Crippen molar-refractivity contribution in [2.75, 3.05) is 30.4 Å². The van der Waals surface area contributed by atoms with Crippen molar-refractivity contribution < 1.29 is 4.79 Å². The van der Waals surface area contributed by atoms with Gasteiger partial charge in [-0.3, -0.25) is 4.79 Å². The number of pyridine rings is 1. The minimum atomic E-state index is -0.326. The van der Waals surface area contributed by atoms with E-state index in [0.717, 1.165) is 18.9 Å². The van der Waals surface area contributed by atoms with Crippen molar-refractivity contribution in [2.45, 2.75) is 24.9 Å². The number of hydrogen-bond acceptors (Lipinski definition) is 7. The van der Waals surface area contributed by atoms with Crippen LogP contribution in [-0.4, -0.2) is 53.1 Å². The molecule has 27 heavy (non-hydrogen) atoms. The molecule has 0 unspecified atom stereocenters. The second-order valence-corrected chi connectivity index (χ2v) is 6.95. The largest absolute Gasteiger partial charge is 0.354 e. The second-order valence-electron chi connectivity index (χ2n) is 6.54. The van der Waals surface area contributed by atoms with Gasteiger partial charge in [0.25, 0.3) is 5.91 Å². The minimum absolute atomic E-state index is 0. The molecule has 2 aromatic heterocycles. The SMILES string of the molecule is CNC(=O)c1ncc(Nc2nccc(N3C[C@H]4CC[C@@H](C3)N4)n2)cc1Cl.Cl. The first-order valence-corrected chi connectivity index (χ1v) is 8.99. The van der Waals surface area contributed by atoms with Gasteiger partial charge in [-0.2, -0.15) is 4.98 Å². The third kappa shape index (κ3) is 4.23. The molecule has 2 bridgehead atoms. The van der Waals surface area contributed by atoms with E-state index < -0.39 is 0 Å². The van der Waals surface area contributed by atoms with E-state index in [2.05, 4.69) is 35.8 Å². The number of rotatable bonds is 4. The highest BCUT2D eigenvalue weighted by molar-refractivity contribution is 6.33. The van der Waals surface area contributed by atoms with Crippen LogP contribution < -0.4 is 20.9 Å². The Morgan fingerprint density at radius 3 is 2.70 bits per heavy atom. The standard InChI is InChI=1S/C17H20ClN7O.ClH/c1-19-16(26)15-13(18)6-12(7-21-15)23-17-20-5-4-14(24-17)25-8-10-2-3-11(9-25)22-10;/h4-7,10-11,22H,2-3,8-9H2,1H3,(H,19,26)(H,20,23,24);1H/t10-,11+;. The molecule has 4 rings (SSSR count). The van der Waals surface area contributed by atoms with Gasteiger partial charge < -0.3 is 20.9 Å². The third-order valence-corrected chi connectivity index (χ3v) is 5.01. The number of nitrogens with zero attached hydrogens (tertiary/aromatic N) is 4. The molecule has 2 aliphatic rings. The lowest BCUT2D eigenvalue weighted by atomic mass is 10.2. The summed E-state index contributed by atoms with van der Waals surface area (Å²) in [5.74, 6) is 1.05. The zero-order chi connectivity index (χ0) is 18.1. The zero-order valence-electron chi connectivity index (χ0n) is 14.8. The maximum Gasteiger partial charge on any atom is 0.271 e. The molecule has 0 saturated carbocycles. The van der Waals surface area contributed by atoms with Crippen LogP contribution in [0.1, 0.15) is 23.3 Å². The number of carbonyl (C=O) groups excluding carboxylic acids is 1. The molecule has 144 valence electrons. The Balaban J connectivity index is 0.00000210. The summed E-state index contributed by atoms with van der Waals surface area (Å²) in [6.07, 6.45) is 5.72. The number of halogens is 2. The lowest BCUT2D eigenvalue weighted by Crippen LogP contribution is -2.51. The van der Waals surface area contributed by atoms with Crippen molar-refractivity contribution in [3.63, 3.8) is 0 Å². The Labute approximate surface area is 168 Å². The van der Waals surface area contributed by atoms with E-state index in [1.54, 1.807) is 12.3 Å². The fraction of sp³-hybridized carbons (Fsp3) is 0.412. The number of nitrogens with one attached hydrogen (secondary N) is 3. The zero-order valence-corrected chi connectivity index (χ0v) is 16.3. The quantitative estimate of drug-likeness (QED) is 0.710. The topological polar surface area (TPSA) is 95.1 Å². The summed E-state index contributed by atoms with van der Waals surface area (Å²) in [5, 5.41) is 9.49. The average Bonchev–Trinajstić information content (AvgIpc) is 2.99. The first-order chi connectivity index (χ1) is 12.6. The van der Waals surface area contributed by atoms with Crippen molar-refractivity contribution in [3.8, 4) is 0 Å². The summed E-state index contributed by atoms with van der Waals surface area (Å²) in [6, 6.07) is 4.65. The number of amides is 1. The molecule has 0 radical (unpaired) electrons. The van der Waals surface area contributed by atoms with Gasteiger partial charge in [0.15, 0.2) is 0 Å². The van der Waals surface area contributed by atoms with Gasteiger partial charge >= 0.3 is 0 Å². The summed E-state index contributed by atoms with van der Waals surface area (Å²) >= 11 is 6.14. The van der Waals surface area contributed by atoms with Gasteiger partial charge in [-0.05, 0) is 25.0 Å². The molecule has 2 aromatic rings. The van der Waals surface area contributed by atoms with Gasteiger partial charge in [-0.15, -0.1) is 12.4 Å². The third-order valence-electron chi connectivity index (χ3n) is 4.72. The predicted molar refractivity (Wildman–Crippen MR) is 107 cm³/mol. The van der Waals surface area contributed by atoms with E-state index in [0.29, 0.717) is 23.7 Å². The van der Waals surface area contributed by atoms with Crippen LogP contribution in [0, 0.1) is 0 Å².